The quantitative estimate of drug-likeness (QED) is 0.871. The summed E-state index contributed by atoms with van der Waals surface area (Å²) in [5.41, 5.74) is 6.00. The van der Waals surface area contributed by atoms with E-state index in [9.17, 15) is 9.59 Å². The topological polar surface area (TPSA) is 63.4 Å². The molecule has 0 aliphatic carbocycles. The van der Waals surface area contributed by atoms with Gasteiger partial charge in [-0.2, -0.15) is 0 Å². The third-order valence-corrected chi connectivity index (χ3v) is 3.95. The van der Waals surface area contributed by atoms with Crippen LogP contribution < -0.4 is 5.73 Å². The third-order valence-electron chi connectivity index (χ3n) is 2.48. The van der Waals surface area contributed by atoms with Gasteiger partial charge in [-0.1, -0.05) is 29.3 Å². The highest BCUT2D eigenvalue weighted by molar-refractivity contribution is 8.18. The molecule has 1 fully saturated rings. The minimum atomic E-state index is -0.341. The minimum Gasteiger partial charge on any atom is -0.329 e. The Morgan fingerprint density at radius 2 is 2.05 bits per heavy atom. The van der Waals surface area contributed by atoms with Gasteiger partial charge in [0.2, 0.25) is 0 Å². The predicted molar refractivity (Wildman–Crippen MR) is 78.2 cm³/mol. The molecule has 0 saturated carbocycles. The number of imide groups is 1. The molecule has 0 atom stereocenters. The van der Waals surface area contributed by atoms with Crippen LogP contribution in [-0.2, 0) is 4.79 Å². The van der Waals surface area contributed by atoms with E-state index in [-0.39, 0.29) is 24.2 Å². The summed E-state index contributed by atoms with van der Waals surface area (Å²) in [4.78, 5) is 25.1. The normalized spacial score (nSPS) is 17.6. The summed E-state index contributed by atoms with van der Waals surface area (Å²) in [6.07, 6.45) is 1.58. The Morgan fingerprint density at radius 1 is 1.32 bits per heavy atom. The van der Waals surface area contributed by atoms with Gasteiger partial charge in [0.25, 0.3) is 11.1 Å². The van der Waals surface area contributed by atoms with Crippen molar-refractivity contribution >= 4 is 52.2 Å². The fourth-order valence-electron chi connectivity index (χ4n) is 1.58. The lowest BCUT2D eigenvalue weighted by atomic mass is 10.2. The molecule has 0 spiro atoms. The van der Waals surface area contributed by atoms with Crippen LogP contribution in [0.2, 0.25) is 10.0 Å². The van der Waals surface area contributed by atoms with E-state index in [1.807, 2.05) is 0 Å². The highest BCUT2D eigenvalue weighted by atomic mass is 35.5. The van der Waals surface area contributed by atoms with Gasteiger partial charge >= 0.3 is 0 Å². The van der Waals surface area contributed by atoms with E-state index in [1.165, 1.54) is 0 Å². The zero-order chi connectivity index (χ0) is 14.0. The Labute approximate surface area is 124 Å². The summed E-state index contributed by atoms with van der Waals surface area (Å²) in [7, 11) is 0. The van der Waals surface area contributed by atoms with Crippen LogP contribution in [0.3, 0.4) is 0 Å². The number of nitrogens with zero attached hydrogens (tertiary/aromatic N) is 1. The third kappa shape index (κ3) is 3.12. The van der Waals surface area contributed by atoms with Crippen molar-refractivity contribution in [2.75, 3.05) is 13.1 Å². The molecule has 0 unspecified atom stereocenters. The molecule has 7 heteroatoms. The Balaban J connectivity index is 2.30. The molecule has 2 rings (SSSR count). The average Bonchev–Trinajstić information content (AvgIpc) is 2.61. The van der Waals surface area contributed by atoms with Crippen molar-refractivity contribution in [3.63, 3.8) is 0 Å². The largest absolute Gasteiger partial charge is 0.329 e. The molecule has 1 aliphatic rings. The number of nitrogens with two attached hydrogens (primary N) is 1. The monoisotopic (exact) mass is 316 g/mol. The number of rotatable bonds is 3. The summed E-state index contributed by atoms with van der Waals surface area (Å²) in [6, 6.07) is 4.95. The summed E-state index contributed by atoms with van der Waals surface area (Å²) in [6.45, 7) is 0.462. The number of carbonyl (C=O) groups is 2. The van der Waals surface area contributed by atoms with Gasteiger partial charge in [-0.3, -0.25) is 14.5 Å². The molecule has 1 aromatic carbocycles. The van der Waals surface area contributed by atoms with Gasteiger partial charge in [-0.05, 0) is 35.5 Å². The summed E-state index contributed by atoms with van der Waals surface area (Å²) in [5, 5.41) is 0.628. The van der Waals surface area contributed by atoms with Gasteiger partial charge in [-0.15, -0.1) is 0 Å². The van der Waals surface area contributed by atoms with E-state index in [1.54, 1.807) is 24.3 Å². The minimum absolute atomic E-state index is 0.219. The van der Waals surface area contributed by atoms with Crippen molar-refractivity contribution in [3.05, 3.63) is 38.7 Å². The number of benzene rings is 1. The number of thioether (sulfide) groups is 1. The Morgan fingerprint density at radius 3 is 2.68 bits per heavy atom. The molecule has 0 radical (unpaired) electrons. The molecule has 19 heavy (non-hydrogen) atoms. The van der Waals surface area contributed by atoms with Crippen molar-refractivity contribution < 1.29 is 9.59 Å². The molecule has 1 aliphatic heterocycles. The fraction of sp³-hybridized carbons (Fsp3) is 0.167. The Bertz CT molecular complexity index is 575. The SMILES string of the molecule is NCCN1C(=O)SC(=Cc2ccc(Cl)cc2Cl)C1=O. The summed E-state index contributed by atoms with van der Waals surface area (Å²) in [5.74, 6) is -0.341. The smallest absolute Gasteiger partial charge is 0.293 e. The van der Waals surface area contributed by atoms with Gasteiger partial charge in [0.1, 0.15) is 0 Å². The molecule has 4 nitrogen and oxygen atoms in total. The number of halogens is 2. The van der Waals surface area contributed by atoms with E-state index in [0.29, 0.717) is 20.5 Å². The first kappa shape index (κ1) is 14.4. The number of hydrogen-bond donors (Lipinski definition) is 1. The van der Waals surface area contributed by atoms with Gasteiger partial charge in [0, 0.05) is 23.1 Å². The van der Waals surface area contributed by atoms with Crippen molar-refractivity contribution in [2.24, 2.45) is 5.73 Å². The second kappa shape index (κ2) is 5.96. The van der Waals surface area contributed by atoms with Gasteiger partial charge in [0.15, 0.2) is 0 Å². The van der Waals surface area contributed by atoms with Crippen LogP contribution in [-0.4, -0.2) is 29.1 Å². The number of amides is 2. The van der Waals surface area contributed by atoms with E-state index >= 15 is 0 Å². The molecule has 2 amide bonds. The molecule has 100 valence electrons. The van der Waals surface area contributed by atoms with Gasteiger partial charge in [0.05, 0.1) is 4.91 Å². The van der Waals surface area contributed by atoms with Crippen LogP contribution in [0, 0.1) is 0 Å². The van der Waals surface area contributed by atoms with E-state index in [4.69, 9.17) is 28.9 Å². The fourth-order valence-corrected chi connectivity index (χ4v) is 2.90. The zero-order valence-corrected chi connectivity index (χ0v) is 12.1. The lowest BCUT2D eigenvalue weighted by Gasteiger charge is -2.09. The molecule has 1 saturated heterocycles. The van der Waals surface area contributed by atoms with Crippen LogP contribution in [0.25, 0.3) is 6.08 Å². The first-order valence-electron chi connectivity index (χ1n) is 5.43. The summed E-state index contributed by atoms with van der Waals surface area (Å²) >= 11 is 12.7. The Hall–Kier alpha value is -1.01. The lowest BCUT2D eigenvalue weighted by Crippen LogP contribution is -2.33. The molecular weight excluding hydrogens is 307 g/mol. The average molecular weight is 317 g/mol. The van der Waals surface area contributed by atoms with E-state index in [0.717, 1.165) is 16.7 Å². The summed E-state index contributed by atoms with van der Waals surface area (Å²) < 4.78 is 0. The second-order valence-electron chi connectivity index (χ2n) is 3.79. The van der Waals surface area contributed by atoms with Crippen molar-refractivity contribution in [1.82, 2.24) is 4.90 Å². The van der Waals surface area contributed by atoms with E-state index in [2.05, 4.69) is 0 Å². The van der Waals surface area contributed by atoms with Crippen LogP contribution >= 0.6 is 35.0 Å². The maximum absolute atomic E-state index is 12.0. The molecule has 1 aromatic rings. The highest BCUT2D eigenvalue weighted by Gasteiger charge is 2.34. The predicted octanol–water partition coefficient (Wildman–Crippen LogP) is 2.99. The highest BCUT2D eigenvalue weighted by Crippen LogP contribution is 2.33. The molecule has 1 heterocycles. The van der Waals surface area contributed by atoms with Crippen LogP contribution in [0.15, 0.2) is 23.1 Å². The van der Waals surface area contributed by atoms with Crippen molar-refractivity contribution in [2.45, 2.75) is 0 Å². The second-order valence-corrected chi connectivity index (χ2v) is 5.62. The number of hydrogen-bond acceptors (Lipinski definition) is 4. The molecule has 2 N–H and O–H groups in total. The molecular formula is C12H10Cl2N2O2S. The van der Waals surface area contributed by atoms with Gasteiger partial charge in [-0.25, -0.2) is 0 Å². The lowest BCUT2D eigenvalue weighted by molar-refractivity contribution is -0.122. The van der Waals surface area contributed by atoms with Crippen LogP contribution in [0.4, 0.5) is 4.79 Å². The first-order chi connectivity index (χ1) is 9.02. The maximum atomic E-state index is 12.0. The Kier molecular flexibility index (Phi) is 4.52. The van der Waals surface area contributed by atoms with E-state index < -0.39 is 0 Å². The van der Waals surface area contributed by atoms with Crippen molar-refractivity contribution in [3.8, 4) is 0 Å². The number of carbonyl (C=O) groups excluding carboxylic acids is 2. The zero-order valence-electron chi connectivity index (χ0n) is 9.73. The maximum Gasteiger partial charge on any atom is 0.293 e. The van der Waals surface area contributed by atoms with Crippen LogP contribution in [0.5, 0.6) is 0 Å². The first-order valence-corrected chi connectivity index (χ1v) is 7.00. The van der Waals surface area contributed by atoms with Crippen LogP contribution in [0.1, 0.15) is 5.56 Å². The standard InChI is InChI=1S/C12H10Cl2N2O2S/c13-8-2-1-7(9(14)6-8)5-10-11(17)16(4-3-15)12(18)19-10/h1-2,5-6H,3-4,15H2. The molecule has 0 aromatic heterocycles. The van der Waals surface area contributed by atoms with Crippen molar-refractivity contribution in [1.29, 1.82) is 0 Å². The van der Waals surface area contributed by atoms with Gasteiger partial charge < -0.3 is 5.73 Å². The molecule has 0 bridgehead atoms.